The predicted molar refractivity (Wildman–Crippen MR) is 106 cm³/mol. The van der Waals surface area contributed by atoms with Crippen molar-refractivity contribution < 1.29 is 9.84 Å². The van der Waals surface area contributed by atoms with Crippen LogP contribution in [0.25, 0.3) is 0 Å². The first kappa shape index (κ1) is 19.5. The van der Waals surface area contributed by atoms with E-state index in [1.807, 2.05) is 6.19 Å². The largest absolute Gasteiger partial charge is 0.485 e. The molecule has 142 valence electrons. The van der Waals surface area contributed by atoms with E-state index in [0.717, 1.165) is 0 Å². The maximum absolute atomic E-state index is 10.9. The normalized spacial score (nSPS) is 20.1. The second-order valence-electron chi connectivity index (χ2n) is 6.81. The van der Waals surface area contributed by atoms with E-state index in [1.165, 1.54) is 0 Å². The monoisotopic (exact) mass is 395 g/mol. The van der Waals surface area contributed by atoms with Crippen molar-refractivity contribution in [2.75, 3.05) is 5.32 Å². The van der Waals surface area contributed by atoms with Crippen molar-refractivity contribution in [1.29, 1.82) is 10.5 Å². The number of anilines is 1. The minimum absolute atomic E-state index is 0.139. The van der Waals surface area contributed by atoms with Crippen molar-refractivity contribution in [3.63, 3.8) is 0 Å². The van der Waals surface area contributed by atoms with Gasteiger partial charge in [0.15, 0.2) is 6.19 Å². The standard InChI is InChI=1S/C20H18ClN5O2/c1-20(2)18(27)17(15-8-12(10-22)6-7-16(15)28-20)26-19(24-11-23)25-14-5-3-4-13(21)9-14/h3-9,17-18,27H,1-2H3,(H2,24,25,26). The summed E-state index contributed by atoms with van der Waals surface area (Å²) >= 11 is 6.01. The Hall–Kier alpha value is -3.26. The summed E-state index contributed by atoms with van der Waals surface area (Å²) in [6.07, 6.45) is 0.824. The molecule has 0 saturated carbocycles. The lowest BCUT2D eigenvalue weighted by Crippen LogP contribution is -2.49. The summed E-state index contributed by atoms with van der Waals surface area (Å²) in [7, 11) is 0. The minimum Gasteiger partial charge on any atom is -0.485 e. The molecule has 7 nitrogen and oxygen atoms in total. The van der Waals surface area contributed by atoms with Crippen LogP contribution in [0.5, 0.6) is 5.75 Å². The number of nitrogens with one attached hydrogen (secondary N) is 2. The van der Waals surface area contributed by atoms with Crippen LogP contribution in [0.4, 0.5) is 5.69 Å². The summed E-state index contributed by atoms with van der Waals surface area (Å²) < 4.78 is 5.88. The van der Waals surface area contributed by atoms with Gasteiger partial charge in [-0.25, -0.2) is 4.99 Å². The molecular formula is C20H18ClN5O2. The van der Waals surface area contributed by atoms with Crippen LogP contribution >= 0.6 is 11.6 Å². The van der Waals surface area contributed by atoms with E-state index in [1.54, 1.807) is 56.3 Å². The highest BCUT2D eigenvalue weighted by atomic mass is 35.5. The smallest absolute Gasteiger partial charge is 0.209 e. The Bertz CT molecular complexity index is 1010. The molecule has 0 aromatic heterocycles. The van der Waals surface area contributed by atoms with E-state index in [-0.39, 0.29) is 5.96 Å². The molecule has 3 rings (SSSR count). The molecule has 0 saturated heterocycles. The van der Waals surface area contributed by atoms with Gasteiger partial charge in [0, 0.05) is 16.3 Å². The van der Waals surface area contributed by atoms with Crippen molar-refractivity contribution in [3.05, 3.63) is 58.6 Å². The zero-order valence-electron chi connectivity index (χ0n) is 15.3. The van der Waals surface area contributed by atoms with Gasteiger partial charge < -0.3 is 15.2 Å². The Labute approximate surface area is 167 Å². The van der Waals surface area contributed by atoms with E-state index in [0.29, 0.717) is 27.6 Å². The number of aliphatic hydroxyl groups excluding tert-OH is 1. The average molecular weight is 396 g/mol. The van der Waals surface area contributed by atoms with Crippen molar-refractivity contribution >= 4 is 23.2 Å². The van der Waals surface area contributed by atoms with Crippen molar-refractivity contribution in [1.82, 2.24) is 5.32 Å². The third-order valence-electron chi connectivity index (χ3n) is 4.37. The first-order chi connectivity index (χ1) is 13.3. The SMILES string of the molecule is CC1(C)Oc2ccc(C#N)cc2C(N=C(NC#N)Nc2cccc(Cl)c2)C1O. The molecule has 2 unspecified atom stereocenters. The van der Waals surface area contributed by atoms with Crippen LogP contribution < -0.4 is 15.4 Å². The summed E-state index contributed by atoms with van der Waals surface area (Å²) in [6.45, 7) is 3.51. The van der Waals surface area contributed by atoms with Gasteiger partial charge in [-0.05, 0) is 50.2 Å². The van der Waals surface area contributed by atoms with Gasteiger partial charge in [-0.3, -0.25) is 5.32 Å². The van der Waals surface area contributed by atoms with E-state index in [4.69, 9.17) is 21.6 Å². The number of rotatable bonds is 2. The molecular weight excluding hydrogens is 378 g/mol. The Kier molecular flexibility index (Phi) is 5.41. The number of nitrogens with zero attached hydrogens (tertiary/aromatic N) is 3. The van der Waals surface area contributed by atoms with Gasteiger partial charge in [-0.2, -0.15) is 10.5 Å². The molecule has 1 heterocycles. The van der Waals surface area contributed by atoms with Gasteiger partial charge in [0.1, 0.15) is 23.5 Å². The fourth-order valence-corrected chi connectivity index (χ4v) is 3.16. The zero-order chi connectivity index (χ0) is 20.3. The number of nitriles is 2. The predicted octanol–water partition coefficient (Wildman–Crippen LogP) is 3.32. The van der Waals surface area contributed by atoms with Gasteiger partial charge in [0.05, 0.1) is 11.6 Å². The molecule has 1 aliphatic heterocycles. The molecule has 0 fully saturated rings. The first-order valence-electron chi connectivity index (χ1n) is 8.50. The van der Waals surface area contributed by atoms with E-state index in [2.05, 4.69) is 21.7 Å². The van der Waals surface area contributed by atoms with Crippen molar-refractivity contribution in [2.24, 2.45) is 4.99 Å². The molecule has 0 bridgehead atoms. The highest BCUT2D eigenvalue weighted by Gasteiger charge is 2.43. The number of hydrogen-bond acceptors (Lipinski definition) is 5. The fourth-order valence-electron chi connectivity index (χ4n) is 2.97. The number of halogens is 1. The highest BCUT2D eigenvalue weighted by molar-refractivity contribution is 6.30. The van der Waals surface area contributed by atoms with Gasteiger partial charge in [0.2, 0.25) is 5.96 Å². The molecule has 2 aromatic rings. The summed E-state index contributed by atoms with van der Waals surface area (Å²) in [5, 5.41) is 35.2. The van der Waals surface area contributed by atoms with Crippen LogP contribution in [0, 0.1) is 22.8 Å². The number of ether oxygens (including phenoxy) is 1. The van der Waals surface area contributed by atoms with Crippen LogP contribution in [0.3, 0.4) is 0 Å². The van der Waals surface area contributed by atoms with Crippen LogP contribution in [0.1, 0.15) is 31.0 Å². The molecule has 0 amide bonds. The van der Waals surface area contributed by atoms with Gasteiger partial charge >= 0.3 is 0 Å². The lowest BCUT2D eigenvalue weighted by molar-refractivity contribution is -0.0567. The molecule has 3 N–H and O–H groups in total. The van der Waals surface area contributed by atoms with Crippen LogP contribution in [-0.2, 0) is 0 Å². The number of hydrogen-bond donors (Lipinski definition) is 3. The molecule has 28 heavy (non-hydrogen) atoms. The molecule has 2 atom stereocenters. The maximum Gasteiger partial charge on any atom is 0.209 e. The number of guanidine groups is 1. The van der Waals surface area contributed by atoms with Crippen LogP contribution in [-0.4, -0.2) is 22.8 Å². The van der Waals surface area contributed by atoms with Gasteiger partial charge in [-0.1, -0.05) is 17.7 Å². The summed E-state index contributed by atoms with van der Waals surface area (Å²) in [5.74, 6) is 0.668. The molecule has 0 spiro atoms. The molecule has 8 heteroatoms. The number of benzene rings is 2. The maximum atomic E-state index is 10.9. The minimum atomic E-state index is -1.01. The highest BCUT2D eigenvalue weighted by Crippen LogP contribution is 2.42. The Morgan fingerprint density at radius 3 is 2.71 bits per heavy atom. The lowest BCUT2D eigenvalue weighted by atomic mass is 9.86. The summed E-state index contributed by atoms with van der Waals surface area (Å²) in [6, 6.07) is 13.2. The molecule has 1 aliphatic rings. The molecule has 0 aliphatic carbocycles. The number of fused-ring (bicyclic) bond motifs is 1. The Morgan fingerprint density at radius 2 is 2.04 bits per heavy atom. The average Bonchev–Trinajstić information content (AvgIpc) is 2.65. The van der Waals surface area contributed by atoms with E-state index >= 15 is 0 Å². The molecule has 0 radical (unpaired) electrons. The molecule has 2 aromatic carbocycles. The van der Waals surface area contributed by atoms with Crippen LogP contribution in [0.15, 0.2) is 47.5 Å². The van der Waals surface area contributed by atoms with Gasteiger partial charge in [-0.15, -0.1) is 0 Å². The third-order valence-corrected chi connectivity index (χ3v) is 4.61. The van der Waals surface area contributed by atoms with E-state index < -0.39 is 17.7 Å². The zero-order valence-corrected chi connectivity index (χ0v) is 16.0. The van der Waals surface area contributed by atoms with E-state index in [9.17, 15) is 10.4 Å². The second kappa shape index (κ2) is 7.77. The second-order valence-corrected chi connectivity index (χ2v) is 7.25. The Morgan fingerprint density at radius 1 is 1.25 bits per heavy atom. The quantitative estimate of drug-likeness (QED) is 0.311. The van der Waals surface area contributed by atoms with Crippen molar-refractivity contribution in [3.8, 4) is 18.0 Å². The number of aliphatic imine (C=N–C) groups is 1. The number of aliphatic hydroxyl groups is 1. The lowest BCUT2D eigenvalue weighted by Gasteiger charge is -2.40. The van der Waals surface area contributed by atoms with Crippen molar-refractivity contribution in [2.45, 2.75) is 31.6 Å². The first-order valence-corrected chi connectivity index (χ1v) is 8.88. The summed E-state index contributed by atoms with van der Waals surface area (Å²) in [5.41, 5.74) is 0.701. The third kappa shape index (κ3) is 4.01. The summed E-state index contributed by atoms with van der Waals surface area (Å²) in [4.78, 5) is 4.53. The Balaban J connectivity index is 2.05. The topological polar surface area (TPSA) is 113 Å². The van der Waals surface area contributed by atoms with Crippen LogP contribution in [0.2, 0.25) is 5.02 Å². The van der Waals surface area contributed by atoms with Gasteiger partial charge in [0.25, 0.3) is 0 Å². The fraction of sp³-hybridized carbons (Fsp3) is 0.250.